The first-order valence-corrected chi connectivity index (χ1v) is 12.4. The van der Waals surface area contributed by atoms with E-state index in [1.54, 1.807) is 24.3 Å². The number of methoxy groups -OCH3 is 1. The average molecular weight is 521 g/mol. The van der Waals surface area contributed by atoms with E-state index in [-0.39, 0.29) is 23.8 Å². The van der Waals surface area contributed by atoms with Crippen LogP contribution >= 0.6 is 0 Å². The first-order valence-electron chi connectivity index (χ1n) is 12.4. The molecule has 38 heavy (non-hydrogen) atoms. The first-order chi connectivity index (χ1) is 18.1. The molecule has 0 aliphatic carbocycles. The predicted octanol–water partition coefficient (Wildman–Crippen LogP) is 2.70. The van der Waals surface area contributed by atoms with Crippen LogP contribution in [0.1, 0.15) is 66.6 Å². The molecule has 0 bridgehead atoms. The number of primary amides is 1. The van der Waals surface area contributed by atoms with Gasteiger partial charge in [0.15, 0.2) is 11.6 Å². The minimum Gasteiger partial charge on any atom is -0.494 e. The summed E-state index contributed by atoms with van der Waals surface area (Å²) >= 11 is 0. The molecule has 0 saturated carbocycles. The minimum absolute atomic E-state index is 0.114. The SMILES string of the molecule is CCCC(CCC)(C(N)=O)c1ccc(C#CC2(N3Cc4ccc(OC)c(F)c4C3=O)NC(=O)NC2=O)cc1. The quantitative estimate of drug-likeness (QED) is 0.364. The van der Waals surface area contributed by atoms with Crippen LogP contribution in [0.4, 0.5) is 9.18 Å². The molecule has 2 aliphatic heterocycles. The fourth-order valence-electron chi connectivity index (χ4n) is 5.25. The summed E-state index contributed by atoms with van der Waals surface area (Å²) in [6.45, 7) is 3.84. The average Bonchev–Trinajstić information content (AvgIpc) is 3.38. The highest BCUT2D eigenvalue weighted by Crippen LogP contribution is 2.36. The molecule has 10 heteroatoms. The highest BCUT2D eigenvalue weighted by molar-refractivity contribution is 6.12. The van der Waals surface area contributed by atoms with Crippen molar-refractivity contribution in [2.24, 2.45) is 5.73 Å². The van der Waals surface area contributed by atoms with E-state index in [1.165, 1.54) is 19.2 Å². The number of carbonyl (C=O) groups excluding carboxylic acids is 4. The van der Waals surface area contributed by atoms with Gasteiger partial charge in [-0.05, 0) is 48.1 Å². The smallest absolute Gasteiger partial charge is 0.324 e. The molecule has 1 unspecified atom stereocenters. The van der Waals surface area contributed by atoms with E-state index in [1.807, 2.05) is 13.8 Å². The number of amides is 5. The van der Waals surface area contributed by atoms with Gasteiger partial charge in [0.1, 0.15) is 0 Å². The van der Waals surface area contributed by atoms with Gasteiger partial charge in [0, 0.05) is 5.56 Å². The van der Waals surface area contributed by atoms with E-state index in [9.17, 15) is 23.6 Å². The molecule has 198 valence electrons. The number of halogens is 1. The Hall–Kier alpha value is -4.39. The van der Waals surface area contributed by atoms with Gasteiger partial charge in [-0.2, -0.15) is 0 Å². The zero-order chi connectivity index (χ0) is 27.7. The van der Waals surface area contributed by atoms with Crippen LogP contribution in [0.3, 0.4) is 0 Å². The Bertz CT molecular complexity index is 1370. The summed E-state index contributed by atoms with van der Waals surface area (Å²) < 4.78 is 19.9. The lowest BCUT2D eigenvalue weighted by molar-refractivity contribution is -0.126. The number of nitrogens with two attached hydrogens (primary N) is 1. The Labute approximate surface area is 219 Å². The maximum Gasteiger partial charge on any atom is 0.324 e. The number of ether oxygens (including phenoxy) is 1. The second kappa shape index (κ2) is 10.2. The number of fused-ring (bicyclic) bond motifs is 1. The van der Waals surface area contributed by atoms with Crippen LogP contribution in [-0.2, 0) is 21.5 Å². The van der Waals surface area contributed by atoms with Gasteiger partial charge in [-0.15, -0.1) is 0 Å². The third kappa shape index (κ3) is 4.24. The number of benzene rings is 2. The van der Waals surface area contributed by atoms with E-state index in [2.05, 4.69) is 22.5 Å². The van der Waals surface area contributed by atoms with Gasteiger partial charge in [0.05, 0.1) is 24.6 Å². The zero-order valence-corrected chi connectivity index (χ0v) is 21.4. The van der Waals surface area contributed by atoms with Crippen molar-refractivity contribution in [1.82, 2.24) is 15.5 Å². The molecular weight excluding hydrogens is 491 g/mol. The summed E-state index contributed by atoms with van der Waals surface area (Å²) in [7, 11) is 1.28. The van der Waals surface area contributed by atoms with Gasteiger partial charge in [-0.1, -0.05) is 50.8 Å². The van der Waals surface area contributed by atoms with Crippen LogP contribution in [0, 0.1) is 17.7 Å². The molecule has 1 fully saturated rings. The molecule has 0 aromatic heterocycles. The minimum atomic E-state index is -2.05. The highest BCUT2D eigenvalue weighted by Gasteiger charge is 2.55. The van der Waals surface area contributed by atoms with E-state index in [4.69, 9.17) is 10.5 Å². The van der Waals surface area contributed by atoms with Crippen molar-refractivity contribution in [1.29, 1.82) is 0 Å². The van der Waals surface area contributed by atoms with Gasteiger partial charge in [0.2, 0.25) is 5.91 Å². The Morgan fingerprint density at radius 2 is 1.79 bits per heavy atom. The summed E-state index contributed by atoms with van der Waals surface area (Å²) in [6, 6.07) is 9.03. The standard InChI is InChI=1S/C28H29FN4O5/c1-4-13-27(14-5-2,24(30)35)19-9-6-17(7-10-19)12-15-28(25(36)31-26(37)32-28)33-16-18-8-11-20(38-3)22(29)21(18)23(33)34/h6-11H,4-5,13-14,16H2,1-3H3,(H2,30,35)(H2,31,32,36,37). The normalized spacial score (nSPS) is 18.4. The molecule has 5 amide bonds. The number of carbonyl (C=O) groups is 4. The Kier molecular flexibility index (Phi) is 7.14. The summed E-state index contributed by atoms with van der Waals surface area (Å²) in [4.78, 5) is 51.9. The number of hydrogen-bond donors (Lipinski definition) is 3. The molecule has 0 radical (unpaired) electrons. The number of hydrogen-bond acceptors (Lipinski definition) is 5. The number of urea groups is 1. The number of nitrogens with zero attached hydrogens (tertiary/aromatic N) is 1. The van der Waals surface area contributed by atoms with Crippen LogP contribution in [-0.4, -0.2) is 41.4 Å². The summed E-state index contributed by atoms with van der Waals surface area (Å²) in [6.07, 6.45) is 2.77. The molecule has 4 rings (SSSR count). The lowest BCUT2D eigenvalue weighted by Gasteiger charge is -2.31. The van der Waals surface area contributed by atoms with Crippen LogP contribution in [0.2, 0.25) is 0 Å². The van der Waals surface area contributed by atoms with Crippen molar-refractivity contribution in [2.75, 3.05) is 7.11 Å². The van der Waals surface area contributed by atoms with Crippen LogP contribution in [0.15, 0.2) is 36.4 Å². The van der Waals surface area contributed by atoms with Gasteiger partial charge in [-0.25, -0.2) is 9.18 Å². The van der Waals surface area contributed by atoms with Crippen molar-refractivity contribution in [2.45, 2.75) is 57.2 Å². The molecule has 9 nitrogen and oxygen atoms in total. The molecule has 2 aromatic rings. The fourth-order valence-corrected chi connectivity index (χ4v) is 5.25. The zero-order valence-electron chi connectivity index (χ0n) is 21.4. The van der Waals surface area contributed by atoms with Gasteiger partial charge >= 0.3 is 6.03 Å². The molecule has 1 atom stereocenters. The topological polar surface area (TPSA) is 131 Å². The largest absolute Gasteiger partial charge is 0.494 e. The summed E-state index contributed by atoms with van der Waals surface area (Å²) in [5.41, 5.74) is 4.33. The third-order valence-electron chi connectivity index (χ3n) is 7.11. The van der Waals surface area contributed by atoms with Crippen molar-refractivity contribution in [3.8, 4) is 17.6 Å². The van der Waals surface area contributed by atoms with E-state index in [0.29, 0.717) is 24.0 Å². The Morgan fingerprint density at radius 1 is 1.13 bits per heavy atom. The van der Waals surface area contributed by atoms with Crippen LogP contribution in [0.25, 0.3) is 0 Å². The lowest BCUT2D eigenvalue weighted by atomic mass is 9.72. The van der Waals surface area contributed by atoms with Crippen molar-refractivity contribution < 1.29 is 28.3 Å². The Balaban J connectivity index is 1.72. The van der Waals surface area contributed by atoms with Crippen molar-refractivity contribution >= 4 is 23.8 Å². The summed E-state index contributed by atoms with van der Waals surface area (Å²) in [5.74, 6) is 2.60. The first kappa shape index (κ1) is 26.7. The molecule has 2 aliphatic rings. The summed E-state index contributed by atoms with van der Waals surface area (Å²) in [5, 5.41) is 4.56. The van der Waals surface area contributed by atoms with Crippen molar-refractivity contribution in [3.63, 3.8) is 0 Å². The Morgan fingerprint density at radius 3 is 2.32 bits per heavy atom. The second-order valence-corrected chi connectivity index (χ2v) is 9.40. The maximum absolute atomic E-state index is 14.9. The second-order valence-electron chi connectivity index (χ2n) is 9.40. The molecule has 4 N–H and O–H groups in total. The molecule has 1 saturated heterocycles. The van der Waals surface area contributed by atoms with E-state index in [0.717, 1.165) is 23.3 Å². The monoisotopic (exact) mass is 520 g/mol. The number of rotatable bonds is 8. The predicted molar refractivity (Wildman–Crippen MR) is 136 cm³/mol. The fraction of sp³-hybridized carbons (Fsp3) is 0.357. The maximum atomic E-state index is 14.9. The van der Waals surface area contributed by atoms with Crippen LogP contribution in [0.5, 0.6) is 5.75 Å². The van der Waals surface area contributed by atoms with E-state index >= 15 is 0 Å². The van der Waals surface area contributed by atoms with Crippen LogP contribution < -0.4 is 21.1 Å². The van der Waals surface area contributed by atoms with Gasteiger partial charge in [0.25, 0.3) is 17.5 Å². The van der Waals surface area contributed by atoms with Gasteiger partial charge in [-0.3, -0.25) is 29.9 Å². The molecule has 2 heterocycles. The highest BCUT2D eigenvalue weighted by atomic mass is 19.1. The molecular formula is C28H29FN4O5. The molecule has 2 aromatic carbocycles. The number of nitrogens with one attached hydrogen (secondary N) is 2. The molecule has 0 spiro atoms. The van der Waals surface area contributed by atoms with E-state index < -0.39 is 34.7 Å². The third-order valence-corrected chi connectivity index (χ3v) is 7.11. The number of imide groups is 1. The van der Waals surface area contributed by atoms with Gasteiger partial charge < -0.3 is 10.5 Å². The lowest BCUT2D eigenvalue weighted by Crippen LogP contribution is -2.60. The van der Waals surface area contributed by atoms with Crippen molar-refractivity contribution in [3.05, 3.63) is 64.5 Å².